The van der Waals surface area contributed by atoms with Crippen LogP contribution in [-0.2, 0) is 18.3 Å². The van der Waals surface area contributed by atoms with Crippen LogP contribution in [0.2, 0.25) is 0 Å². The van der Waals surface area contributed by atoms with E-state index in [-0.39, 0.29) is 13.2 Å². The van der Waals surface area contributed by atoms with Crippen LogP contribution in [0.15, 0.2) is 0 Å². The van der Waals surface area contributed by atoms with Crippen molar-refractivity contribution in [2.75, 3.05) is 26.4 Å². The summed E-state index contributed by atoms with van der Waals surface area (Å²) in [6.07, 6.45) is 2.06. The van der Waals surface area contributed by atoms with Crippen molar-refractivity contribution in [3.05, 3.63) is 0 Å². The highest BCUT2D eigenvalue weighted by atomic mass is 31.2. The van der Waals surface area contributed by atoms with Crippen molar-refractivity contribution in [3.8, 4) is 0 Å². The molecule has 0 aliphatic carbocycles. The Labute approximate surface area is 85.0 Å². The first kappa shape index (κ1) is 14.1. The normalized spacial score (nSPS) is 15.4. The number of hydrogen-bond donors (Lipinski definition) is 1. The Bertz CT molecular complexity index is 173. The second-order valence-electron chi connectivity index (χ2n) is 2.69. The maximum absolute atomic E-state index is 11.0. The number of phosphoric ester groups is 1. The van der Waals surface area contributed by atoms with Crippen LogP contribution in [0.4, 0.5) is 0 Å². The van der Waals surface area contributed by atoms with Crippen LogP contribution in [-0.4, -0.2) is 31.3 Å². The van der Waals surface area contributed by atoms with Crippen molar-refractivity contribution in [2.24, 2.45) is 0 Å². The molecule has 0 heterocycles. The van der Waals surface area contributed by atoms with E-state index in [0.717, 1.165) is 12.8 Å². The molecule has 0 aliphatic rings. The summed E-state index contributed by atoms with van der Waals surface area (Å²) in [7, 11) is -3.83. The summed E-state index contributed by atoms with van der Waals surface area (Å²) in [6.45, 7) is 4.91. The van der Waals surface area contributed by atoms with E-state index in [1.54, 1.807) is 6.92 Å². The summed E-state index contributed by atoms with van der Waals surface area (Å²) in [5.74, 6) is 0. The van der Waals surface area contributed by atoms with Crippen molar-refractivity contribution in [1.82, 2.24) is 0 Å². The third kappa shape index (κ3) is 8.66. The lowest BCUT2D eigenvalue weighted by Gasteiger charge is -2.10. The zero-order chi connectivity index (χ0) is 10.9. The molecule has 1 N–H and O–H groups in total. The van der Waals surface area contributed by atoms with Gasteiger partial charge in [-0.1, -0.05) is 13.3 Å². The molecule has 0 aliphatic heterocycles. The lowest BCUT2D eigenvalue weighted by molar-refractivity contribution is 0.0764. The average Bonchev–Trinajstić information content (AvgIpc) is 2.11. The highest BCUT2D eigenvalue weighted by Gasteiger charge is 2.18. The highest BCUT2D eigenvalue weighted by molar-refractivity contribution is 7.47. The molecule has 0 saturated carbocycles. The van der Waals surface area contributed by atoms with Gasteiger partial charge >= 0.3 is 7.82 Å². The molecule has 0 rings (SSSR count). The summed E-state index contributed by atoms with van der Waals surface area (Å²) in [4.78, 5) is 8.97. The number of hydrogen-bond acceptors (Lipinski definition) is 4. The quantitative estimate of drug-likeness (QED) is 0.481. The molecular formula is C8H19O5P. The Kier molecular flexibility index (Phi) is 8.43. The number of phosphoric acid groups is 1. The van der Waals surface area contributed by atoms with E-state index in [4.69, 9.17) is 9.63 Å². The van der Waals surface area contributed by atoms with Gasteiger partial charge in [0.1, 0.15) is 0 Å². The van der Waals surface area contributed by atoms with Gasteiger partial charge in [-0.05, 0) is 13.3 Å². The molecule has 1 unspecified atom stereocenters. The Morgan fingerprint density at radius 2 is 1.86 bits per heavy atom. The first-order chi connectivity index (χ1) is 6.62. The van der Waals surface area contributed by atoms with Crippen molar-refractivity contribution < 1.29 is 23.2 Å². The van der Waals surface area contributed by atoms with E-state index in [0.29, 0.717) is 13.2 Å². The van der Waals surface area contributed by atoms with Gasteiger partial charge < -0.3 is 9.63 Å². The molecule has 0 spiro atoms. The zero-order valence-corrected chi connectivity index (χ0v) is 9.66. The van der Waals surface area contributed by atoms with Gasteiger partial charge in [0, 0.05) is 6.61 Å². The molecule has 0 aromatic heterocycles. The lowest BCUT2D eigenvalue weighted by atomic mass is 10.4. The largest absolute Gasteiger partial charge is 0.472 e. The SMILES string of the molecule is CCCCOCCOP(=O)(O)OCC. The minimum Gasteiger partial charge on any atom is -0.379 e. The van der Waals surface area contributed by atoms with Gasteiger partial charge in [-0.15, -0.1) is 0 Å². The molecule has 0 amide bonds. The van der Waals surface area contributed by atoms with Crippen LogP contribution in [0.25, 0.3) is 0 Å². The van der Waals surface area contributed by atoms with Crippen LogP contribution in [0.5, 0.6) is 0 Å². The Hall–Kier alpha value is 0.0700. The number of unbranched alkanes of at least 4 members (excludes halogenated alkanes) is 1. The van der Waals surface area contributed by atoms with E-state index in [1.807, 2.05) is 0 Å². The fraction of sp³-hybridized carbons (Fsp3) is 1.00. The number of ether oxygens (including phenoxy) is 1. The predicted molar refractivity (Wildman–Crippen MR) is 53.1 cm³/mol. The van der Waals surface area contributed by atoms with Gasteiger partial charge in [-0.3, -0.25) is 9.05 Å². The smallest absolute Gasteiger partial charge is 0.379 e. The molecular weight excluding hydrogens is 207 g/mol. The fourth-order valence-electron chi connectivity index (χ4n) is 0.760. The monoisotopic (exact) mass is 226 g/mol. The summed E-state index contributed by atoms with van der Waals surface area (Å²) in [6, 6.07) is 0. The minimum atomic E-state index is -3.83. The van der Waals surface area contributed by atoms with E-state index < -0.39 is 7.82 Å². The molecule has 5 nitrogen and oxygen atoms in total. The van der Waals surface area contributed by atoms with Crippen LogP contribution in [0, 0.1) is 0 Å². The van der Waals surface area contributed by atoms with Crippen LogP contribution in [0.3, 0.4) is 0 Å². The first-order valence-electron chi connectivity index (χ1n) is 4.82. The molecule has 0 bridgehead atoms. The molecule has 0 fully saturated rings. The molecule has 0 saturated heterocycles. The molecule has 0 aromatic rings. The third-order valence-electron chi connectivity index (χ3n) is 1.42. The zero-order valence-electron chi connectivity index (χ0n) is 8.77. The standard InChI is InChI=1S/C8H19O5P/c1-3-5-6-11-7-8-13-14(9,10)12-4-2/h3-8H2,1-2H3,(H,9,10). The van der Waals surface area contributed by atoms with Gasteiger partial charge in [-0.2, -0.15) is 0 Å². The summed E-state index contributed by atoms with van der Waals surface area (Å²) in [5, 5.41) is 0. The summed E-state index contributed by atoms with van der Waals surface area (Å²) in [5.41, 5.74) is 0. The van der Waals surface area contributed by atoms with Gasteiger partial charge in [-0.25, -0.2) is 4.57 Å². The molecule has 14 heavy (non-hydrogen) atoms. The number of rotatable bonds is 9. The van der Waals surface area contributed by atoms with Gasteiger partial charge in [0.2, 0.25) is 0 Å². The second-order valence-corrected chi connectivity index (χ2v) is 4.14. The van der Waals surface area contributed by atoms with Crippen molar-refractivity contribution >= 4 is 7.82 Å². The molecule has 0 radical (unpaired) electrons. The van der Waals surface area contributed by atoms with Gasteiger partial charge in [0.05, 0.1) is 19.8 Å². The van der Waals surface area contributed by atoms with Gasteiger partial charge in [0.25, 0.3) is 0 Å². The lowest BCUT2D eigenvalue weighted by Crippen LogP contribution is -2.05. The van der Waals surface area contributed by atoms with E-state index in [9.17, 15) is 4.57 Å². The Morgan fingerprint density at radius 3 is 2.43 bits per heavy atom. The molecule has 0 aromatic carbocycles. The van der Waals surface area contributed by atoms with Crippen LogP contribution < -0.4 is 0 Å². The highest BCUT2D eigenvalue weighted by Crippen LogP contribution is 2.42. The van der Waals surface area contributed by atoms with Crippen LogP contribution >= 0.6 is 7.82 Å². The first-order valence-corrected chi connectivity index (χ1v) is 6.31. The van der Waals surface area contributed by atoms with E-state index in [2.05, 4.69) is 16.0 Å². The van der Waals surface area contributed by atoms with Gasteiger partial charge in [0.15, 0.2) is 0 Å². The van der Waals surface area contributed by atoms with Crippen molar-refractivity contribution in [3.63, 3.8) is 0 Å². The average molecular weight is 226 g/mol. The predicted octanol–water partition coefficient (Wildman–Crippen LogP) is 1.96. The fourth-order valence-corrected chi connectivity index (χ4v) is 1.47. The summed E-state index contributed by atoms with van der Waals surface area (Å²) >= 11 is 0. The third-order valence-corrected chi connectivity index (χ3v) is 2.51. The summed E-state index contributed by atoms with van der Waals surface area (Å²) < 4.78 is 25.2. The van der Waals surface area contributed by atoms with E-state index >= 15 is 0 Å². The van der Waals surface area contributed by atoms with E-state index in [1.165, 1.54) is 0 Å². The maximum Gasteiger partial charge on any atom is 0.472 e. The molecule has 1 atom stereocenters. The van der Waals surface area contributed by atoms with Crippen LogP contribution in [0.1, 0.15) is 26.7 Å². The Balaban J connectivity index is 3.30. The topological polar surface area (TPSA) is 65.0 Å². The van der Waals surface area contributed by atoms with Crippen molar-refractivity contribution in [1.29, 1.82) is 0 Å². The molecule has 86 valence electrons. The minimum absolute atomic E-state index is 0.0808. The maximum atomic E-state index is 11.0. The Morgan fingerprint density at radius 1 is 1.14 bits per heavy atom. The second kappa shape index (κ2) is 8.38. The molecule has 6 heteroatoms. The van der Waals surface area contributed by atoms with Crippen molar-refractivity contribution in [2.45, 2.75) is 26.7 Å².